The molecule has 0 aliphatic carbocycles. The van der Waals surface area contributed by atoms with Crippen LogP contribution < -0.4 is 0 Å². The van der Waals surface area contributed by atoms with Crippen molar-refractivity contribution in [3.05, 3.63) is 35.4 Å². The summed E-state index contributed by atoms with van der Waals surface area (Å²) in [6.45, 7) is 3.06. The van der Waals surface area contributed by atoms with Crippen LogP contribution in [0.25, 0.3) is 0 Å². The molecular formula is C16H22F2N2O2S. The molecule has 1 aromatic carbocycles. The summed E-state index contributed by atoms with van der Waals surface area (Å²) in [5.41, 5.74) is 0.134. The third-order valence-corrected chi connectivity index (χ3v) is 6.51. The van der Waals surface area contributed by atoms with Crippen LogP contribution in [0.2, 0.25) is 0 Å². The molecule has 0 bridgehead atoms. The zero-order valence-electron chi connectivity index (χ0n) is 13.0. The van der Waals surface area contributed by atoms with Gasteiger partial charge in [-0.25, -0.2) is 17.2 Å². The van der Waals surface area contributed by atoms with Gasteiger partial charge in [0.15, 0.2) is 9.84 Å². The summed E-state index contributed by atoms with van der Waals surface area (Å²) in [6.07, 6.45) is 1.83. The maximum atomic E-state index is 13.7. The van der Waals surface area contributed by atoms with Gasteiger partial charge >= 0.3 is 0 Å². The number of rotatable bonds is 3. The van der Waals surface area contributed by atoms with Gasteiger partial charge < -0.3 is 0 Å². The van der Waals surface area contributed by atoms with E-state index in [0.29, 0.717) is 25.7 Å². The molecule has 2 saturated heterocycles. The zero-order valence-corrected chi connectivity index (χ0v) is 13.9. The zero-order chi connectivity index (χ0) is 16.4. The third-order valence-electron chi connectivity index (χ3n) is 4.90. The summed E-state index contributed by atoms with van der Waals surface area (Å²) in [5, 5.41) is 0. The van der Waals surface area contributed by atoms with Crippen molar-refractivity contribution in [2.45, 2.75) is 25.4 Å². The molecule has 0 amide bonds. The molecule has 4 nitrogen and oxygen atoms in total. The quantitative estimate of drug-likeness (QED) is 0.836. The van der Waals surface area contributed by atoms with E-state index in [2.05, 4.69) is 9.80 Å². The van der Waals surface area contributed by atoms with Crippen molar-refractivity contribution in [3.63, 3.8) is 0 Å². The number of likely N-dealkylation sites (tertiary alicyclic amines) is 1. The Kier molecular flexibility index (Phi) is 4.98. The maximum Gasteiger partial charge on any atom is 0.152 e. The van der Waals surface area contributed by atoms with Gasteiger partial charge in [0.05, 0.1) is 11.5 Å². The summed E-state index contributed by atoms with van der Waals surface area (Å²) >= 11 is 0. The number of nitrogens with zero attached hydrogens (tertiary/aromatic N) is 2. The Hall–Kier alpha value is -1.05. The molecule has 0 saturated carbocycles. The molecular weight excluding hydrogens is 322 g/mol. The first-order valence-corrected chi connectivity index (χ1v) is 9.86. The summed E-state index contributed by atoms with van der Waals surface area (Å²) in [7, 11) is -2.85. The lowest BCUT2D eigenvalue weighted by atomic mass is 10.0. The van der Waals surface area contributed by atoms with Crippen LogP contribution in [0.15, 0.2) is 18.2 Å². The van der Waals surface area contributed by atoms with Crippen molar-refractivity contribution >= 4 is 9.84 Å². The summed E-state index contributed by atoms with van der Waals surface area (Å²) in [4.78, 5) is 4.32. The largest absolute Gasteiger partial charge is 0.299 e. The summed E-state index contributed by atoms with van der Waals surface area (Å²) < 4.78 is 50.4. The molecule has 0 unspecified atom stereocenters. The van der Waals surface area contributed by atoms with Crippen LogP contribution in [0.3, 0.4) is 0 Å². The number of hydrogen-bond donors (Lipinski definition) is 0. The van der Waals surface area contributed by atoms with Crippen LogP contribution in [0.4, 0.5) is 8.78 Å². The van der Waals surface area contributed by atoms with Crippen molar-refractivity contribution in [2.24, 2.45) is 0 Å². The average Bonchev–Trinajstić information content (AvgIpc) is 2.52. The Morgan fingerprint density at radius 1 is 1.00 bits per heavy atom. The van der Waals surface area contributed by atoms with Gasteiger partial charge in [-0.3, -0.25) is 9.80 Å². The molecule has 1 aromatic rings. The monoisotopic (exact) mass is 344 g/mol. The smallest absolute Gasteiger partial charge is 0.152 e. The van der Waals surface area contributed by atoms with Gasteiger partial charge in [0.1, 0.15) is 11.6 Å². The second-order valence-electron chi connectivity index (χ2n) is 6.40. The Morgan fingerprint density at radius 3 is 2.13 bits per heavy atom. The molecule has 23 heavy (non-hydrogen) atoms. The lowest BCUT2D eigenvalue weighted by Crippen LogP contribution is -2.50. The summed E-state index contributed by atoms with van der Waals surface area (Å²) in [5.74, 6) is -0.497. The van der Waals surface area contributed by atoms with Crippen LogP contribution in [-0.4, -0.2) is 61.9 Å². The van der Waals surface area contributed by atoms with E-state index in [-0.39, 0.29) is 17.1 Å². The first kappa shape index (κ1) is 16.8. The highest BCUT2D eigenvalue weighted by molar-refractivity contribution is 7.91. The van der Waals surface area contributed by atoms with Crippen LogP contribution in [-0.2, 0) is 16.4 Å². The van der Waals surface area contributed by atoms with E-state index in [1.165, 1.54) is 18.2 Å². The predicted octanol–water partition coefficient (Wildman–Crippen LogP) is 1.66. The number of benzene rings is 1. The Bertz CT molecular complexity index is 624. The predicted molar refractivity (Wildman–Crippen MR) is 84.9 cm³/mol. The van der Waals surface area contributed by atoms with Gasteiger partial charge in [0, 0.05) is 31.2 Å². The van der Waals surface area contributed by atoms with E-state index in [1.54, 1.807) is 0 Å². The van der Waals surface area contributed by atoms with Crippen LogP contribution in [0.5, 0.6) is 0 Å². The molecule has 0 atom stereocenters. The topological polar surface area (TPSA) is 40.6 Å². The van der Waals surface area contributed by atoms with Gasteiger partial charge in [-0.2, -0.15) is 0 Å². The second kappa shape index (κ2) is 6.83. The fourth-order valence-electron chi connectivity index (χ4n) is 3.44. The highest BCUT2D eigenvalue weighted by Crippen LogP contribution is 2.22. The van der Waals surface area contributed by atoms with Gasteiger partial charge in [-0.05, 0) is 38.1 Å². The number of piperidine rings is 1. The fraction of sp³-hybridized carbons (Fsp3) is 0.625. The van der Waals surface area contributed by atoms with Crippen LogP contribution in [0, 0.1) is 11.6 Å². The van der Waals surface area contributed by atoms with Crippen LogP contribution >= 0.6 is 0 Å². The lowest BCUT2D eigenvalue weighted by Gasteiger charge is -2.40. The highest BCUT2D eigenvalue weighted by atomic mass is 32.2. The Labute approximate surface area is 136 Å². The van der Waals surface area contributed by atoms with Gasteiger partial charge in [-0.15, -0.1) is 0 Å². The number of halogens is 2. The summed E-state index contributed by atoms with van der Waals surface area (Å²) in [6, 6.07) is 4.34. The SMILES string of the molecule is O=S1(=O)CCN(C2CCN(Cc3c(F)cccc3F)CC2)CC1. The standard InChI is InChI=1S/C16H22F2N2O2S/c17-15-2-1-3-16(18)14(15)12-19-6-4-13(5-7-19)20-8-10-23(21,22)11-9-20/h1-3,13H,4-12H2. The lowest BCUT2D eigenvalue weighted by molar-refractivity contribution is 0.110. The fourth-order valence-corrected chi connectivity index (χ4v) is 4.67. The first-order chi connectivity index (χ1) is 10.9. The van der Waals surface area contributed by atoms with E-state index >= 15 is 0 Å². The van der Waals surface area contributed by atoms with Crippen LogP contribution in [0.1, 0.15) is 18.4 Å². The van der Waals surface area contributed by atoms with Crippen molar-refractivity contribution < 1.29 is 17.2 Å². The molecule has 3 rings (SSSR count). The molecule has 0 radical (unpaired) electrons. The Morgan fingerprint density at radius 2 is 1.57 bits per heavy atom. The number of hydrogen-bond acceptors (Lipinski definition) is 4. The molecule has 0 N–H and O–H groups in total. The van der Waals surface area contributed by atoms with Crippen molar-refractivity contribution in [2.75, 3.05) is 37.7 Å². The minimum atomic E-state index is -2.85. The average molecular weight is 344 g/mol. The van der Waals surface area contributed by atoms with E-state index in [0.717, 1.165) is 25.9 Å². The van der Waals surface area contributed by atoms with Gasteiger partial charge in [-0.1, -0.05) is 6.07 Å². The molecule has 7 heteroatoms. The molecule has 2 aliphatic rings. The minimum Gasteiger partial charge on any atom is -0.299 e. The number of sulfone groups is 1. The molecule has 2 fully saturated rings. The van der Waals surface area contributed by atoms with Crippen molar-refractivity contribution in [1.82, 2.24) is 9.80 Å². The first-order valence-electron chi connectivity index (χ1n) is 8.04. The van der Waals surface area contributed by atoms with E-state index in [4.69, 9.17) is 0 Å². The molecule has 2 aliphatic heterocycles. The van der Waals surface area contributed by atoms with Gasteiger partial charge in [0.2, 0.25) is 0 Å². The van der Waals surface area contributed by atoms with E-state index < -0.39 is 21.5 Å². The van der Waals surface area contributed by atoms with E-state index in [1.807, 2.05) is 0 Å². The minimum absolute atomic E-state index is 0.134. The van der Waals surface area contributed by atoms with Crippen molar-refractivity contribution in [1.29, 1.82) is 0 Å². The third kappa shape index (κ3) is 4.08. The molecule has 0 aromatic heterocycles. The Balaban J connectivity index is 1.53. The van der Waals surface area contributed by atoms with Crippen molar-refractivity contribution in [3.8, 4) is 0 Å². The second-order valence-corrected chi connectivity index (χ2v) is 8.70. The highest BCUT2D eigenvalue weighted by Gasteiger charge is 2.30. The van der Waals surface area contributed by atoms with E-state index in [9.17, 15) is 17.2 Å². The molecule has 2 heterocycles. The maximum absolute atomic E-state index is 13.7. The van der Waals surface area contributed by atoms with Gasteiger partial charge in [0.25, 0.3) is 0 Å². The molecule has 0 spiro atoms. The molecule has 128 valence electrons. The normalized spacial score (nSPS) is 23.9.